The smallest absolute Gasteiger partial charge is 0.266 e. The molecule has 3 aliphatic rings. The molecule has 1 aliphatic carbocycles. The molecule has 0 aromatic heterocycles. The van der Waals surface area contributed by atoms with Crippen molar-refractivity contribution in [1.29, 1.82) is 5.26 Å². The van der Waals surface area contributed by atoms with E-state index in [-0.39, 0.29) is 5.91 Å². The second-order valence-corrected chi connectivity index (χ2v) is 8.89. The van der Waals surface area contributed by atoms with Crippen molar-refractivity contribution in [3.8, 4) is 6.07 Å². The van der Waals surface area contributed by atoms with Crippen molar-refractivity contribution in [3.05, 3.63) is 11.8 Å². The van der Waals surface area contributed by atoms with E-state index >= 15 is 0 Å². The van der Waals surface area contributed by atoms with Gasteiger partial charge >= 0.3 is 0 Å². The molecule has 4 heteroatoms. The Bertz CT molecular complexity index is 553. The Morgan fingerprint density at radius 2 is 1.87 bits per heavy atom. The highest BCUT2D eigenvalue weighted by Crippen LogP contribution is 2.52. The standard InChI is InChI=1S/C19H29N3O/c1-18(2)9-16-10-19(3,13-18)14-22(16)12-15(11-20)17(23)21-7-5-4-6-8-21/h12,16H,4-10,13-14H2,1-3H3/b15-12-. The van der Waals surface area contributed by atoms with Gasteiger partial charge in [0.05, 0.1) is 0 Å². The van der Waals surface area contributed by atoms with Crippen LogP contribution in [0.25, 0.3) is 0 Å². The highest BCUT2D eigenvalue weighted by Gasteiger charge is 2.49. The second-order valence-electron chi connectivity index (χ2n) is 8.89. The molecule has 0 aromatic carbocycles. The summed E-state index contributed by atoms with van der Waals surface area (Å²) in [5.41, 5.74) is 0.988. The van der Waals surface area contributed by atoms with Gasteiger partial charge in [-0.25, -0.2) is 0 Å². The van der Waals surface area contributed by atoms with Gasteiger partial charge in [0.2, 0.25) is 0 Å². The molecular weight excluding hydrogens is 286 g/mol. The Morgan fingerprint density at radius 1 is 1.17 bits per heavy atom. The number of hydrogen-bond donors (Lipinski definition) is 0. The molecule has 2 bridgehead atoms. The van der Waals surface area contributed by atoms with Gasteiger partial charge in [-0.3, -0.25) is 4.79 Å². The fourth-order valence-corrected chi connectivity index (χ4v) is 5.22. The molecule has 126 valence electrons. The monoisotopic (exact) mass is 315 g/mol. The third-order valence-electron chi connectivity index (χ3n) is 5.74. The van der Waals surface area contributed by atoms with Gasteiger partial charge in [-0.05, 0) is 49.4 Å². The second kappa shape index (κ2) is 5.85. The maximum absolute atomic E-state index is 12.6. The third-order valence-corrected chi connectivity index (χ3v) is 5.74. The van der Waals surface area contributed by atoms with E-state index < -0.39 is 0 Å². The van der Waals surface area contributed by atoms with Crippen LogP contribution in [-0.2, 0) is 4.79 Å². The van der Waals surface area contributed by atoms with E-state index in [2.05, 4.69) is 31.7 Å². The SMILES string of the molecule is CC1(C)CC2CC(C)(CN2/C=C(/C#N)C(=O)N2CCCCC2)C1. The molecule has 0 aromatic rings. The summed E-state index contributed by atoms with van der Waals surface area (Å²) in [6, 6.07) is 2.64. The summed E-state index contributed by atoms with van der Waals surface area (Å²) >= 11 is 0. The molecule has 2 aliphatic heterocycles. The predicted octanol–water partition coefficient (Wildman–Crippen LogP) is 3.31. The first-order valence-electron chi connectivity index (χ1n) is 8.99. The van der Waals surface area contributed by atoms with E-state index in [0.29, 0.717) is 22.4 Å². The van der Waals surface area contributed by atoms with Crippen LogP contribution in [0.5, 0.6) is 0 Å². The van der Waals surface area contributed by atoms with Crippen LogP contribution >= 0.6 is 0 Å². The molecule has 2 heterocycles. The van der Waals surface area contributed by atoms with Gasteiger partial charge < -0.3 is 9.80 Å². The number of piperidine rings is 1. The van der Waals surface area contributed by atoms with Crippen LogP contribution in [0, 0.1) is 22.2 Å². The molecule has 0 N–H and O–H groups in total. The van der Waals surface area contributed by atoms with E-state index in [1.807, 2.05) is 11.1 Å². The van der Waals surface area contributed by atoms with Crippen molar-refractivity contribution in [1.82, 2.24) is 9.80 Å². The highest BCUT2D eigenvalue weighted by molar-refractivity contribution is 5.97. The lowest BCUT2D eigenvalue weighted by molar-refractivity contribution is -0.127. The Balaban J connectivity index is 1.77. The van der Waals surface area contributed by atoms with Crippen LogP contribution in [-0.4, -0.2) is 41.4 Å². The summed E-state index contributed by atoms with van der Waals surface area (Å²) in [5, 5.41) is 9.50. The maximum Gasteiger partial charge on any atom is 0.266 e. The molecule has 2 unspecified atom stereocenters. The van der Waals surface area contributed by atoms with Gasteiger partial charge in [-0.2, -0.15) is 5.26 Å². The zero-order valence-corrected chi connectivity index (χ0v) is 14.8. The minimum atomic E-state index is -0.0712. The van der Waals surface area contributed by atoms with E-state index in [0.717, 1.165) is 38.9 Å². The van der Waals surface area contributed by atoms with Crippen LogP contribution in [0.2, 0.25) is 0 Å². The van der Waals surface area contributed by atoms with Crippen LogP contribution in [0.1, 0.15) is 59.3 Å². The number of fused-ring (bicyclic) bond motifs is 2. The van der Waals surface area contributed by atoms with E-state index in [4.69, 9.17) is 0 Å². The first-order valence-corrected chi connectivity index (χ1v) is 8.99. The quantitative estimate of drug-likeness (QED) is 0.580. The predicted molar refractivity (Wildman–Crippen MR) is 90.4 cm³/mol. The van der Waals surface area contributed by atoms with Gasteiger partial charge in [0.1, 0.15) is 11.6 Å². The molecule has 1 saturated carbocycles. The molecule has 23 heavy (non-hydrogen) atoms. The van der Waals surface area contributed by atoms with Crippen molar-refractivity contribution in [2.24, 2.45) is 10.8 Å². The lowest BCUT2D eigenvalue weighted by Gasteiger charge is -2.39. The van der Waals surface area contributed by atoms with Crippen LogP contribution in [0.4, 0.5) is 0 Å². The Labute approximate surface area is 140 Å². The number of nitrogens with zero attached hydrogens (tertiary/aromatic N) is 3. The van der Waals surface area contributed by atoms with Crippen molar-refractivity contribution >= 4 is 5.91 Å². The summed E-state index contributed by atoms with van der Waals surface area (Å²) in [5.74, 6) is -0.0712. The minimum absolute atomic E-state index is 0.0712. The number of likely N-dealkylation sites (tertiary alicyclic amines) is 2. The van der Waals surface area contributed by atoms with E-state index in [1.54, 1.807) is 0 Å². The normalized spacial score (nSPS) is 33.5. The number of nitriles is 1. The zero-order chi connectivity index (χ0) is 16.7. The van der Waals surface area contributed by atoms with Crippen LogP contribution in [0.3, 0.4) is 0 Å². The molecule has 0 radical (unpaired) electrons. The molecule has 4 nitrogen and oxygen atoms in total. The molecule has 1 amide bonds. The Morgan fingerprint density at radius 3 is 2.52 bits per heavy atom. The fraction of sp³-hybridized carbons (Fsp3) is 0.789. The third kappa shape index (κ3) is 3.39. The molecule has 2 saturated heterocycles. The average Bonchev–Trinajstić information content (AvgIpc) is 2.73. The van der Waals surface area contributed by atoms with Crippen molar-refractivity contribution in [2.45, 2.75) is 65.3 Å². The van der Waals surface area contributed by atoms with Crippen molar-refractivity contribution in [3.63, 3.8) is 0 Å². The molecule has 2 atom stereocenters. The lowest BCUT2D eigenvalue weighted by atomic mass is 9.65. The highest BCUT2D eigenvalue weighted by atomic mass is 16.2. The summed E-state index contributed by atoms with van der Waals surface area (Å²) in [6.07, 6.45) is 8.74. The Kier molecular flexibility index (Phi) is 4.16. The maximum atomic E-state index is 12.6. The summed E-state index contributed by atoms with van der Waals surface area (Å²) in [6.45, 7) is 9.61. The Hall–Kier alpha value is -1.50. The van der Waals surface area contributed by atoms with E-state index in [1.165, 1.54) is 19.3 Å². The average molecular weight is 315 g/mol. The molecule has 0 spiro atoms. The summed E-state index contributed by atoms with van der Waals surface area (Å²) in [7, 11) is 0. The van der Waals surface area contributed by atoms with Gasteiger partial charge in [0, 0.05) is 31.9 Å². The zero-order valence-electron chi connectivity index (χ0n) is 14.8. The number of amides is 1. The number of carbonyl (C=O) groups is 1. The molecule has 3 fully saturated rings. The van der Waals surface area contributed by atoms with Gasteiger partial charge in [-0.15, -0.1) is 0 Å². The topological polar surface area (TPSA) is 47.3 Å². The summed E-state index contributed by atoms with van der Waals surface area (Å²) < 4.78 is 0. The summed E-state index contributed by atoms with van der Waals surface area (Å²) in [4.78, 5) is 16.8. The van der Waals surface area contributed by atoms with Crippen LogP contribution < -0.4 is 0 Å². The molecule has 3 rings (SSSR count). The first-order chi connectivity index (χ1) is 10.8. The lowest BCUT2D eigenvalue weighted by Crippen LogP contribution is -2.37. The van der Waals surface area contributed by atoms with E-state index in [9.17, 15) is 10.1 Å². The molecular formula is C19H29N3O. The van der Waals surface area contributed by atoms with Gasteiger partial charge in [0.15, 0.2) is 0 Å². The van der Waals surface area contributed by atoms with Gasteiger partial charge in [-0.1, -0.05) is 20.8 Å². The van der Waals surface area contributed by atoms with Crippen molar-refractivity contribution in [2.75, 3.05) is 19.6 Å². The first kappa shape index (κ1) is 16.4. The fourth-order valence-electron chi connectivity index (χ4n) is 5.22. The number of hydrogen-bond acceptors (Lipinski definition) is 3. The van der Waals surface area contributed by atoms with Crippen LogP contribution in [0.15, 0.2) is 11.8 Å². The van der Waals surface area contributed by atoms with Crippen molar-refractivity contribution < 1.29 is 4.79 Å². The number of carbonyl (C=O) groups excluding carboxylic acids is 1. The number of rotatable bonds is 2. The van der Waals surface area contributed by atoms with Gasteiger partial charge in [0.25, 0.3) is 5.91 Å². The largest absolute Gasteiger partial charge is 0.373 e. The minimum Gasteiger partial charge on any atom is -0.373 e.